The van der Waals surface area contributed by atoms with Gasteiger partial charge in [-0.15, -0.1) is 0 Å². The van der Waals surface area contributed by atoms with Crippen molar-refractivity contribution >= 4 is 33.5 Å². The van der Waals surface area contributed by atoms with E-state index in [4.69, 9.17) is 4.74 Å². The minimum Gasteiger partial charge on any atom is -0.488 e. The van der Waals surface area contributed by atoms with E-state index in [0.29, 0.717) is 28.5 Å². The van der Waals surface area contributed by atoms with Gasteiger partial charge in [0.25, 0.3) is 5.69 Å². The number of hydrogen-bond acceptors (Lipinski definition) is 5. The van der Waals surface area contributed by atoms with Gasteiger partial charge in [0.2, 0.25) is 0 Å². The molecule has 0 fully saturated rings. The topological polar surface area (TPSA) is 76.8 Å². The third kappa shape index (κ3) is 6.07. The van der Waals surface area contributed by atoms with Crippen molar-refractivity contribution in [2.75, 3.05) is 5.43 Å². The molecule has 3 aromatic rings. The molecule has 3 rings (SSSR count). The number of anilines is 1. The van der Waals surface area contributed by atoms with E-state index >= 15 is 0 Å². The second-order valence-electron chi connectivity index (χ2n) is 6.82. The van der Waals surface area contributed by atoms with E-state index in [1.165, 1.54) is 6.21 Å². The van der Waals surface area contributed by atoms with Gasteiger partial charge in [0.15, 0.2) is 0 Å². The molecule has 0 atom stereocenters. The fourth-order valence-electron chi connectivity index (χ4n) is 2.81. The molecule has 3 aromatic carbocycles. The van der Waals surface area contributed by atoms with Crippen molar-refractivity contribution in [1.82, 2.24) is 0 Å². The van der Waals surface area contributed by atoms with Crippen LogP contribution in [-0.4, -0.2) is 11.1 Å². The van der Waals surface area contributed by atoms with Crippen molar-refractivity contribution < 1.29 is 22.8 Å². The number of hydrazone groups is 1. The summed E-state index contributed by atoms with van der Waals surface area (Å²) in [6.07, 6.45) is -3.29. The zero-order valence-corrected chi connectivity index (χ0v) is 18.3. The van der Waals surface area contributed by atoms with Gasteiger partial charge in [-0.05, 0) is 64.3 Å². The molecule has 0 unspecified atom stereocenters. The Labute approximate surface area is 190 Å². The Hall–Kier alpha value is -3.40. The normalized spacial score (nSPS) is 11.5. The number of ether oxygens (including phenoxy) is 1. The molecular formula is C22H17BrF3N3O3. The molecule has 10 heteroatoms. The number of nitrogens with zero attached hydrogens (tertiary/aromatic N) is 2. The average Bonchev–Trinajstić information content (AvgIpc) is 2.72. The molecule has 0 saturated heterocycles. The molecule has 0 bridgehead atoms. The number of hydrogen-bond donors (Lipinski definition) is 1. The number of nitro groups is 1. The van der Waals surface area contributed by atoms with Crippen molar-refractivity contribution in [3.8, 4) is 5.75 Å². The lowest BCUT2D eigenvalue weighted by molar-refractivity contribution is -0.384. The van der Waals surface area contributed by atoms with Crippen LogP contribution in [0, 0.1) is 17.0 Å². The van der Waals surface area contributed by atoms with E-state index in [2.05, 4.69) is 26.5 Å². The summed E-state index contributed by atoms with van der Waals surface area (Å²) in [5, 5.41) is 15.0. The van der Waals surface area contributed by atoms with E-state index in [-0.39, 0.29) is 5.69 Å². The van der Waals surface area contributed by atoms with Gasteiger partial charge >= 0.3 is 6.18 Å². The highest BCUT2D eigenvalue weighted by molar-refractivity contribution is 9.10. The standard InChI is InChI=1S/C22H17BrF3N3O3/c1-14-3-2-4-16(9-14)13-32-21-8-5-15(10-18(21)23)12-27-28-19-7-6-17(22(24,25)26)11-20(19)29(30)31/h2-12,28H,13H2,1H3/b27-12-. The first kappa shape index (κ1) is 23.3. The Morgan fingerprint density at radius 1 is 1.16 bits per heavy atom. The van der Waals surface area contributed by atoms with Crippen molar-refractivity contribution in [3.05, 3.63) is 97.5 Å². The zero-order chi connectivity index (χ0) is 23.3. The van der Waals surface area contributed by atoms with Gasteiger partial charge in [0.05, 0.1) is 21.2 Å². The maximum absolute atomic E-state index is 12.8. The summed E-state index contributed by atoms with van der Waals surface area (Å²) in [6, 6.07) is 15.3. The molecule has 0 saturated carbocycles. The second kappa shape index (κ2) is 9.82. The summed E-state index contributed by atoms with van der Waals surface area (Å²) in [5.74, 6) is 0.620. The smallest absolute Gasteiger partial charge is 0.416 e. The number of rotatable bonds is 7. The number of nitrogens with one attached hydrogen (secondary N) is 1. The van der Waals surface area contributed by atoms with Crippen LogP contribution in [0.1, 0.15) is 22.3 Å². The number of halogens is 4. The predicted octanol–water partition coefficient (Wildman–Crippen LogP) is 6.71. The molecular weight excluding hydrogens is 491 g/mol. The predicted molar refractivity (Wildman–Crippen MR) is 119 cm³/mol. The summed E-state index contributed by atoms with van der Waals surface area (Å²) in [7, 11) is 0. The minimum absolute atomic E-state index is 0.156. The van der Waals surface area contributed by atoms with E-state index < -0.39 is 22.4 Å². The lowest BCUT2D eigenvalue weighted by Gasteiger charge is -2.09. The Balaban J connectivity index is 1.68. The molecule has 0 amide bonds. The van der Waals surface area contributed by atoms with Gasteiger partial charge in [-0.25, -0.2) is 0 Å². The third-order valence-corrected chi connectivity index (χ3v) is 4.97. The lowest BCUT2D eigenvalue weighted by atomic mass is 10.1. The minimum atomic E-state index is -4.68. The first-order valence-electron chi connectivity index (χ1n) is 9.26. The van der Waals surface area contributed by atoms with Crippen LogP contribution < -0.4 is 10.2 Å². The highest BCUT2D eigenvalue weighted by Gasteiger charge is 2.33. The van der Waals surface area contributed by atoms with Gasteiger partial charge in [0, 0.05) is 6.07 Å². The number of nitro benzene ring substituents is 1. The Bertz CT molecular complexity index is 1170. The van der Waals surface area contributed by atoms with Crippen molar-refractivity contribution in [1.29, 1.82) is 0 Å². The first-order valence-corrected chi connectivity index (χ1v) is 10.1. The highest BCUT2D eigenvalue weighted by atomic mass is 79.9. The van der Waals surface area contributed by atoms with Crippen LogP contribution in [0.25, 0.3) is 0 Å². The number of aryl methyl sites for hydroxylation is 1. The Morgan fingerprint density at radius 3 is 2.59 bits per heavy atom. The van der Waals surface area contributed by atoms with Crippen molar-refractivity contribution in [3.63, 3.8) is 0 Å². The second-order valence-corrected chi connectivity index (χ2v) is 7.68. The summed E-state index contributed by atoms with van der Waals surface area (Å²) in [4.78, 5) is 10.2. The highest BCUT2D eigenvalue weighted by Crippen LogP contribution is 2.35. The maximum Gasteiger partial charge on any atom is 0.416 e. The molecule has 0 aromatic heterocycles. The molecule has 0 heterocycles. The number of alkyl halides is 3. The van der Waals surface area contributed by atoms with Crippen LogP contribution in [0.4, 0.5) is 24.5 Å². The lowest BCUT2D eigenvalue weighted by Crippen LogP contribution is -2.06. The quantitative estimate of drug-likeness (QED) is 0.219. The number of benzene rings is 3. The van der Waals surface area contributed by atoms with Crippen LogP contribution >= 0.6 is 15.9 Å². The molecule has 0 spiro atoms. The zero-order valence-electron chi connectivity index (χ0n) is 16.7. The Morgan fingerprint density at radius 2 is 1.94 bits per heavy atom. The van der Waals surface area contributed by atoms with Crippen molar-refractivity contribution in [2.24, 2.45) is 5.10 Å². The van der Waals surface area contributed by atoms with Crippen molar-refractivity contribution in [2.45, 2.75) is 19.7 Å². The summed E-state index contributed by atoms with van der Waals surface area (Å²) >= 11 is 3.43. The molecule has 0 radical (unpaired) electrons. The summed E-state index contributed by atoms with van der Waals surface area (Å²) < 4.78 is 44.9. The fraction of sp³-hybridized carbons (Fsp3) is 0.136. The fourth-order valence-corrected chi connectivity index (χ4v) is 3.32. The first-order chi connectivity index (χ1) is 15.1. The van der Waals surface area contributed by atoms with E-state index in [9.17, 15) is 23.3 Å². The van der Waals surface area contributed by atoms with Gasteiger partial charge in [-0.1, -0.05) is 29.8 Å². The van der Waals surface area contributed by atoms with E-state index in [1.807, 2.05) is 31.2 Å². The Kier molecular flexibility index (Phi) is 7.14. The van der Waals surface area contributed by atoms with Crippen LogP contribution in [-0.2, 0) is 12.8 Å². The van der Waals surface area contributed by atoms with Gasteiger partial charge < -0.3 is 4.74 Å². The molecule has 166 valence electrons. The monoisotopic (exact) mass is 507 g/mol. The molecule has 1 N–H and O–H groups in total. The third-order valence-electron chi connectivity index (χ3n) is 4.35. The van der Waals surface area contributed by atoms with Crippen LogP contribution in [0.5, 0.6) is 5.75 Å². The van der Waals surface area contributed by atoms with Gasteiger partial charge in [0.1, 0.15) is 18.0 Å². The van der Waals surface area contributed by atoms with Gasteiger partial charge in [-0.2, -0.15) is 18.3 Å². The average molecular weight is 508 g/mol. The molecule has 6 nitrogen and oxygen atoms in total. The molecule has 32 heavy (non-hydrogen) atoms. The maximum atomic E-state index is 12.8. The largest absolute Gasteiger partial charge is 0.488 e. The van der Waals surface area contributed by atoms with Gasteiger partial charge in [-0.3, -0.25) is 15.5 Å². The van der Waals surface area contributed by atoms with E-state index in [1.54, 1.807) is 18.2 Å². The molecule has 0 aliphatic carbocycles. The van der Waals surface area contributed by atoms with E-state index in [0.717, 1.165) is 23.3 Å². The van der Waals surface area contributed by atoms with Crippen LogP contribution in [0.2, 0.25) is 0 Å². The van der Waals surface area contributed by atoms with Crippen LogP contribution in [0.15, 0.2) is 70.2 Å². The molecule has 0 aliphatic rings. The molecule has 0 aliphatic heterocycles. The summed E-state index contributed by atoms with van der Waals surface area (Å²) in [6.45, 7) is 2.40. The SMILES string of the molecule is Cc1cccc(COc2ccc(/C=N\Nc3ccc(C(F)(F)F)cc3[N+](=O)[O-])cc2Br)c1. The summed E-state index contributed by atoms with van der Waals surface area (Å²) in [5.41, 5.74) is 3.24. The van der Waals surface area contributed by atoms with Crippen LogP contribution in [0.3, 0.4) is 0 Å².